The SMILES string of the molecule is Cc1cc(NC(=O)CN(C)C(=O)Cn2cccc(C(F)(F)F)c2=O)no1. The summed E-state index contributed by atoms with van der Waals surface area (Å²) >= 11 is 0. The summed E-state index contributed by atoms with van der Waals surface area (Å²) in [6, 6.07) is 3.14. The number of hydrogen-bond donors (Lipinski definition) is 1. The van der Waals surface area contributed by atoms with E-state index in [0.29, 0.717) is 16.4 Å². The van der Waals surface area contributed by atoms with E-state index < -0.39 is 35.7 Å². The maximum atomic E-state index is 12.7. The molecule has 0 aliphatic rings. The van der Waals surface area contributed by atoms with Crippen LogP contribution in [0.1, 0.15) is 11.3 Å². The lowest BCUT2D eigenvalue weighted by atomic mass is 10.2. The van der Waals surface area contributed by atoms with E-state index in [2.05, 4.69) is 10.5 Å². The summed E-state index contributed by atoms with van der Waals surface area (Å²) < 4.78 is 43.6. The van der Waals surface area contributed by atoms with Gasteiger partial charge in [-0.1, -0.05) is 5.16 Å². The van der Waals surface area contributed by atoms with Gasteiger partial charge in [0.2, 0.25) is 11.8 Å². The molecule has 1 N–H and O–H groups in total. The van der Waals surface area contributed by atoms with E-state index in [4.69, 9.17) is 4.52 Å². The fourth-order valence-corrected chi connectivity index (χ4v) is 2.05. The Kier molecular flexibility index (Phi) is 5.48. The van der Waals surface area contributed by atoms with Crippen molar-refractivity contribution in [3.05, 3.63) is 46.1 Å². The van der Waals surface area contributed by atoms with E-state index in [9.17, 15) is 27.6 Å². The van der Waals surface area contributed by atoms with Gasteiger partial charge in [0.15, 0.2) is 5.82 Å². The van der Waals surface area contributed by atoms with Crippen molar-refractivity contribution in [2.24, 2.45) is 0 Å². The molecule has 11 heteroatoms. The number of hydrogen-bond acceptors (Lipinski definition) is 5. The number of aryl methyl sites for hydroxylation is 1. The molecule has 0 saturated carbocycles. The molecule has 2 aromatic rings. The minimum absolute atomic E-state index is 0.169. The van der Waals surface area contributed by atoms with Gasteiger partial charge in [0.05, 0.1) is 6.54 Å². The van der Waals surface area contributed by atoms with Gasteiger partial charge in [0.1, 0.15) is 17.9 Å². The van der Waals surface area contributed by atoms with Crippen LogP contribution < -0.4 is 10.9 Å². The van der Waals surface area contributed by atoms with Crippen LogP contribution in [0.2, 0.25) is 0 Å². The molecule has 0 saturated heterocycles. The molecule has 2 amide bonds. The predicted molar refractivity (Wildman–Crippen MR) is 83.2 cm³/mol. The molecule has 0 unspecified atom stereocenters. The Balaban J connectivity index is 2.01. The average Bonchev–Trinajstić information content (AvgIpc) is 2.92. The first-order valence-corrected chi connectivity index (χ1v) is 7.31. The molecule has 0 aliphatic heterocycles. The summed E-state index contributed by atoms with van der Waals surface area (Å²) in [5.74, 6) is -0.639. The van der Waals surface area contributed by atoms with Crippen molar-refractivity contribution in [1.29, 1.82) is 0 Å². The maximum Gasteiger partial charge on any atom is 0.421 e. The lowest BCUT2D eigenvalue weighted by Gasteiger charge is -2.17. The second-order valence-corrected chi connectivity index (χ2v) is 5.47. The minimum atomic E-state index is -4.81. The highest BCUT2D eigenvalue weighted by atomic mass is 19.4. The Hall–Kier alpha value is -3.11. The number of alkyl halides is 3. The van der Waals surface area contributed by atoms with Crippen LogP contribution in [0.15, 0.2) is 33.7 Å². The first-order valence-electron chi connectivity index (χ1n) is 7.31. The van der Waals surface area contributed by atoms with E-state index >= 15 is 0 Å². The Morgan fingerprint density at radius 3 is 2.65 bits per heavy atom. The number of nitrogens with zero attached hydrogens (tertiary/aromatic N) is 3. The zero-order valence-electron chi connectivity index (χ0n) is 13.8. The lowest BCUT2D eigenvalue weighted by molar-refractivity contribution is -0.139. The van der Waals surface area contributed by atoms with Gasteiger partial charge in [-0.15, -0.1) is 0 Å². The van der Waals surface area contributed by atoms with Crippen molar-refractivity contribution >= 4 is 17.6 Å². The molecule has 26 heavy (non-hydrogen) atoms. The number of nitrogens with one attached hydrogen (secondary N) is 1. The fraction of sp³-hybridized carbons (Fsp3) is 0.333. The third-order valence-electron chi connectivity index (χ3n) is 3.33. The molecule has 0 atom stereocenters. The zero-order chi connectivity index (χ0) is 19.5. The van der Waals surface area contributed by atoms with Gasteiger partial charge >= 0.3 is 6.18 Å². The second kappa shape index (κ2) is 7.42. The zero-order valence-corrected chi connectivity index (χ0v) is 13.8. The fourth-order valence-electron chi connectivity index (χ4n) is 2.05. The van der Waals surface area contributed by atoms with E-state index in [-0.39, 0.29) is 12.4 Å². The van der Waals surface area contributed by atoms with Gasteiger partial charge in [-0.2, -0.15) is 13.2 Å². The summed E-state index contributed by atoms with van der Waals surface area (Å²) in [5.41, 5.74) is -2.70. The predicted octanol–water partition coefficient (Wildman–Crippen LogP) is 1.26. The molecular weight excluding hydrogens is 357 g/mol. The van der Waals surface area contributed by atoms with Crippen LogP contribution in [0.5, 0.6) is 0 Å². The van der Waals surface area contributed by atoms with Crippen molar-refractivity contribution in [3.8, 4) is 0 Å². The van der Waals surface area contributed by atoms with Gasteiger partial charge < -0.3 is 19.3 Å². The van der Waals surface area contributed by atoms with E-state index in [1.165, 1.54) is 13.1 Å². The van der Waals surface area contributed by atoms with Gasteiger partial charge in [0, 0.05) is 19.3 Å². The number of amides is 2. The van der Waals surface area contributed by atoms with Crippen LogP contribution >= 0.6 is 0 Å². The van der Waals surface area contributed by atoms with Crippen LogP contribution in [-0.2, 0) is 22.3 Å². The molecule has 0 radical (unpaired) electrons. The number of aromatic nitrogens is 2. The molecule has 0 aliphatic carbocycles. The standard InChI is InChI=1S/C15H15F3N4O4/c1-9-6-11(20-26-9)19-12(23)7-21(2)13(24)8-22-5-3-4-10(14(22)25)15(16,17)18/h3-6H,7-8H2,1-2H3,(H,19,20,23). The summed E-state index contributed by atoms with van der Waals surface area (Å²) in [5, 5.41) is 5.96. The van der Waals surface area contributed by atoms with Gasteiger partial charge in [-0.05, 0) is 19.1 Å². The third kappa shape index (κ3) is 4.71. The van der Waals surface area contributed by atoms with Crippen molar-refractivity contribution in [3.63, 3.8) is 0 Å². The van der Waals surface area contributed by atoms with Crippen LogP contribution in [0.25, 0.3) is 0 Å². The van der Waals surface area contributed by atoms with E-state index in [0.717, 1.165) is 17.2 Å². The minimum Gasteiger partial charge on any atom is -0.360 e. The largest absolute Gasteiger partial charge is 0.421 e. The van der Waals surface area contributed by atoms with E-state index in [1.807, 2.05) is 0 Å². The van der Waals surface area contributed by atoms with Crippen molar-refractivity contribution in [2.75, 3.05) is 18.9 Å². The highest BCUT2D eigenvalue weighted by Crippen LogP contribution is 2.25. The summed E-state index contributed by atoms with van der Waals surface area (Å²) in [6.07, 6.45) is -3.74. The monoisotopic (exact) mass is 372 g/mol. The van der Waals surface area contributed by atoms with E-state index in [1.54, 1.807) is 6.92 Å². The molecule has 0 bridgehead atoms. The smallest absolute Gasteiger partial charge is 0.360 e. The highest BCUT2D eigenvalue weighted by Gasteiger charge is 2.34. The third-order valence-corrected chi connectivity index (χ3v) is 3.33. The molecule has 2 rings (SSSR count). The number of rotatable bonds is 5. The topological polar surface area (TPSA) is 97.4 Å². The Labute approximate surface area is 145 Å². The van der Waals surface area contributed by atoms with Crippen molar-refractivity contribution in [2.45, 2.75) is 19.6 Å². The number of halogens is 3. The van der Waals surface area contributed by atoms with Crippen LogP contribution in [0.4, 0.5) is 19.0 Å². The number of likely N-dealkylation sites (N-methyl/N-ethyl adjacent to an activating group) is 1. The molecule has 0 spiro atoms. The van der Waals surface area contributed by atoms with Crippen molar-refractivity contribution in [1.82, 2.24) is 14.6 Å². The summed E-state index contributed by atoms with van der Waals surface area (Å²) in [7, 11) is 1.29. The highest BCUT2D eigenvalue weighted by molar-refractivity contribution is 5.93. The molecule has 8 nitrogen and oxygen atoms in total. The molecule has 140 valence electrons. The van der Waals surface area contributed by atoms with Gasteiger partial charge in [0.25, 0.3) is 5.56 Å². The van der Waals surface area contributed by atoms with Gasteiger partial charge in [-0.3, -0.25) is 14.4 Å². The normalized spacial score (nSPS) is 11.3. The first-order chi connectivity index (χ1) is 12.1. The van der Waals surface area contributed by atoms with Crippen LogP contribution in [-0.4, -0.2) is 40.0 Å². The van der Waals surface area contributed by atoms with Crippen LogP contribution in [0.3, 0.4) is 0 Å². The number of anilines is 1. The van der Waals surface area contributed by atoms with Crippen LogP contribution in [0, 0.1) is 6.92 Å². The first kappa shape index (κ1) is 19.2. The average molecular weight is 372 g/mol. The molecule has 0 fully saturated rings. The number of carbonyl (C=O) groups is 2. The Morgan fingerprint density at radius 2 is 2.08 bits per heavy atom. The number of carbonyl (C=O) groups excluding carboxylic acids is 2. The second-order valence-electron chi connectivity index (χ2n) is 5.47. The molecule has 2 aromatic heterocycles. The molecule has 0 aromatic carbocycles. The maximum absolute atomic E-state index is 12.7. The summed E-state index contributed by atoms with van der Waals surface area (Å²) in [4.78, 5) is 36.7. The Bertz CT molecular complexity index is 872. The Morgan fingerprint density at radius 1 is 1.38 bits per heavy atom. The van der Waals surface area contributed by atoms with Gasteiger partial charge in [-0.25, -0.2) is 0 Å². The number of pyridine rings is 1. The molecule has 2 heterocycles. The lowest BCUT2D eigenvalue weighted by Crippen LogP contribution is -2.39. The molecular formula is C15H15F3N4O4. The summed E-state index contributed by atoms with van der Waals surface area (Å²) in [6.45, 7) is 0.624. The quantitative estimate of drug-likeness (QED) is 0.852. The van der Waals surface area contributed by atoms with Crippen molar-refractivity contribution < 1.29 is 27.3 Å².